The number of benzene rings is 3. The number of anilines is 3. The normalized spacial score (nSPS) is 15.2. The highest BCUT2D eigenvalue weighted by molar-refractivity contribution is 5.89. The van der Waals surface area contributed by atoms with Crippen molar-refractivity contribution in [2.45, 2.75) is 13.1 Å². The zero-order valence-corrected chi connectivity index (χ0v) is 15.2. The van der Waals surface area contributed by atoms with Gasteiger partial charge in [0.05, 0.1) is 28.6 Å². The van der Waals surface area contributed by atoms with Crippen LogP contribution < -0.4 is 9.80 Å². The lowest BCUT2D eigenvalue weighted by molar-refractivity contribution is 0.734. The minimum absolute atomic E-state index is 0.0343. The molecule has 1 heterocycles. The van der Waals surface area contributed by atoms with E-state index in [4.69, 9.17) is 0 Å². The molecule has 0 N–H and O–H groups in total. The lowest BCUT2D eigenvalue weighted by Crippen LogP contribution is -2.35. The third kappa shape index (κ3) is 2.69. The minimum Gasteiger partial charge on any atom is -0.352 e. The van der Waals surface area contributed by atoms with Crippen LogP contribution in [-0.4, -0.2) is 13.2 Å². The smallest absolute Gasteiger partial charge is 0.103 e. The maximum absolute atomic E-state index is 9.69. The topological polar surface area (TPSA) is 54.1 Å². The molecule has 3 aromatic rings. The highest BCUT2D eigenvalue weighted by atomic mass is 15.4. The van der Waals surface area contributed by atoms with E-state index >= 15 is 0 Å². The van der Waals surface area contributed by atoms with Crippen molar-refractivity contribution in [2.75, 3.05) is 16.8 Å². The van der Waals surface area contributed by atoms with Crippen molar-refractivity contribution in [3.63, 3.8) is 0 Å². The molecular formula is C23H18N4. The summed E-state index contributed by atoms with van der Waals surface area (Å²) in [6.07, 6.45) is 0.0343. The van der Waals surface area contributed by atoms with Crippen LogP contribution >= 0.6 is 0 Å². The Kier molecular flexibility index (Phi) is 4.03. The van der Waals surface area contributed by atoms with Gasteiger partial charge in [-0.25, -0.2) is 0 Å². The van der Waals surface area contributed by atoms with Crippen LogP contribution in [0.1, 0.15) is 18.1 Å². The fourth-order valence-corrected chi connectivity index (χ4v) is 3.66. The number of hydrogen-bond donors (Lipinski definition) is 0. The molecule has 4 rings (SSSR count). The van der Waals surface area contributed by atoms with Gasteiger partial charge in [0.2, 0.25) is 0 Å². The summed E-state index contributed by atoms with van der Waals surface area (Å²) in [5, 5.41) is 19.0. The van der Waals surface area contributed by atoms with Gasteiger partial charge < -0.3 is 9.80 Å². The van der Waals surface area contributed by atoms with Gasteiger partial charge >= 0.3 is 0 Å². The molecule has 0 bridgehead atoms. The molecule has 1 atom stereocenters. The van der Waals surface area contributed by atoms with E-state index in [0.29, 0.717) is 11.1 Å². The number of nitrogens with zero attached hydrogens (tertiary/aromatic N) is 4. The molecule has 0 fully saturated rings. The first-order chi connectivity index (χ1) is 13.1. The molecule has 0 amide bonds. The summed E-state index contributed by atoms with van der Waals surface area (Å²) < 4.78 is 0. The summed E-state index contributed by atoms with van der Waals surface area (Å²) in [6.45, 7) is 2.10. The molecule has 4 heteroatoms. The Morgan fingerprint density at radius 2 is 1.59 bits per heavy atom. The summed E-state index contributed by atoms with van der Waals surface area (Å²) in [5.74, 6) is 0. The Hall–Kier alpha value is -3.76. The van der Waals surface area contributed by atoms with Crippen LogP contribution in [0.25, 0.3) is 11.1 Å². The molecule has 0 aliphatic carbocycles. The van der Waals surface area contributed by atoms with Crippen molar-refractivity contribution in [3.8, 4) is 23.3 Å². The zero-order valence-electron chi connectivity index (χ0n) is 15.2. The molecule has 1 aliphatic rings. The number of rotatable bonds is 2. The molecule has 0 saturated carbocycles. The second-order valence-corrected chi connectivity index (χ2v) is 6.64. The van der Waals surface area contributed by atoms with Gasteiger partial charge in [0.25, 0.3) is 0 Å². The van der Waals surface area contributed by atoms with Crippen molar-refractivity contribution in [1.29, 1.82) is 10.5 Å². The number of fused-ring (bicyclic) bond motifs is 1. The first-order valence-electron chi connectivity index (χ1n) is 8.80. The van der Waals surface area contributed by atoms with E-state index in [1.165, 1.54) is 0 Å². The molecular weight excluding hydrogens is 332 g/mol. The van der Waals surface area contributed by atoms with Gasteiger partial charge in [-0.3, -0.25) is 0 Å². The predicted octanol–water partition coefficient (Wildman–Crippen LogP) is 5.03. The average Bonchev–Trinajstić information content (AvgIpc) is 2.98. The Morgan fingerprint density at radius 3 is 2.30 bits per heavy atom. The van der Waals surface area contributed by atoms with Gasteiger partial charge in [-0.2, -0.15) is 10.5 Å². The van der Waals surface area contributed by atoms with Crippen LogP contribution in [0.5, 0.6) is 0 Å². The average molecular weight is 350 g/mol. The molecule has 0 saturated heterocycles. The van der Waals surface area contributed by atoms with E-state index in [9.17, 15) is 10.5 Å². The first kappa shape index (κ1) is 16.7. The summed E-state index contributed by atoms with van der Waals surface area (Å²) in [7, 11) is 1.99. The fourth-order valence-electron chi connectivity index (χ4n) is 3.66. The van der Waals surface area contributed by atoms with E-state index in [0.717, 1.165) is 28.2 Å². The van der Waals surface area contributed by atoms with Gasteiger partial charge in [-0.1, -0.05) is 42.5 Å². The summed E-state index contributed by atoms with van der Waals surface area (Å²) in [6, 6.07) is 26.5. The van der Waals surface area contributed by atoms with E-state index in [1.54, 1.807) is 6.07 Å². The van der Waals surface area contributed by atoms with Gasteiger partial charge in [0, 0.05) is 12.7 Å². The zero-order chi connectivity index (χ0) is 19.0. The summed E-state index contributed by atoms with van der Waals surface area (Å²) in [4.78, 5) is 4.27. The quantitative estimate of drug-likeness (QED) is 0.650. The standard InChI is InChI=1S/C23H18N4/c1-16-26(2)22-12-17(14-24)11-20(15-25)23(22)27(16)21-10-6-9-19(13-21)18-7-4-3-5-8-18/h3-13,16H,1-2H3/t16-/m0/s1. The molecule has 27 heavy (non-hydrogen) atoms. The lowest BCUT2D eigenvalue weighted by Gasteiger charge is -2.28. The molecule has 4 nitrogen and oxygen atoms in total. The Balaban J connectivity index is 1.88. The van der Waals surface area contributed by atoms with Crippen LogP contribution in [0.3, 0.4) is 0 Å². The van der Waals surface area contributed by atoms with Gasteiger partial charge in [-0.15, -0.1) is 0 Å². The molecule has 130 valence electrons. The van der Waals surface area contributed by atoms with Gasteiger partial charge in [0.1, 0.15) is 12.2 Å². The predicted molar refractivity (Wildman–Crippen MR) is 108 cm³/mol. The van der Waals surface area contributed by atoms with Crippen molar-refractivity contribution < 1.29 is 0 Å². The maximum Gasteiger partial charge on any atom is 0.103 e. The molecule has 0 unspecified atom stereocenters. The van der Waals surface area contributed by atoms with Crippen LogP contribution in [0.2, 0.25) is 0 Å². The third-order valence-corrected chi connectivity index (χ3v) is 5.13. The van der Waals surface area contributed by atoms with Crippen molar-refractivity contribution in [2.24, 2.45) is 0 Å². The van der Waals surface area contributed by atoms with Crippen LogP contribution in [0.15, 0.2) is 66.7 Å². The van der Waals surface area contributed by atoms with Crippen LogP contribution in [0.4, 0.5) is 17.1 Å². The number of hydrogen-bond acceptors (Lipinski definition) is 4. The largest absolute Gasteiger partial charge is 0.352 e. The number of nitriles is 2. The second-order valence-electron chi connectivity index (χ2n) is 6.64. The van der Waals surface area contributed by atoms with Crippen LogP contribution in [-0.2, 0) is 0 Å². The Morgan fingerprint density at radius 1 is 0.852 bits per heavy atom. The highest BCUT2D eigenvalue weighted by Gasteiger charge is 2.34. The monoisotopic (exact) mass is 350 g/mol. The van der Waals surface area contributed by atoms with Gasteiger partial charge in [0.15, 0.2) is 0 Å². The SMILES string of the molecule is C[C@H]1N(C)c2cc(C#N)cc(C#N)c2N1c1cccc(-c2ccccc2)c1. The molecule has 0 radical (unpaired) electrons. The first-order valence-corrected chi connectivity index (χ1v) is 8.80. The minimum atomic E-state index is 0.0343. The fraction of sp³-hybridized carbons (Fsp3) is 0.130. The van der Waals surface area contributed by atoms with Crippen molar-refractivity contribution in [3.05, 3.63) is 77.9 Å². The van der Waals surface area contributed by atoms with Crippen LogP contribution in [0, 0.1) is 22.7 Å². The van der Waals surface area contributed by atoms with Gasteiger partial charge in [-0.05, 0) is 42.3 Å². The van der Waals surface area contributed by atoms with E-state index < -0.39 is 0 Å². The second kappa shape index (κ2) is 6.52. The summed E-state index contributed by atoms with van der Waals surface area (Å²) in [5.41, 5.74) is 6.09. The summed E-state index contributed by atoms with van der Waals surface area (Å²) >= 11 is 0. The lowest BCUT2D eigenvalue weighted by atomic mass is 10.0. The van der Waals surface area contributed by atoms with Crippen molar-refractivity contribution >= 4 is 17.1 Å². The Labute approximate surface area is 159 Å². The molecule has 3 aromatic carbocycles. The Bertz CT molecular complexity index is 1090. The third-order valence-electron chi connectivity index (χ3n) is 5.13. The maximum atomic E-state index is 9.69. The molecule has 1 aliphatic heterocycles. The van der Waals surface area contributed by atoms with E-state index in [-0.39, 0.29) is 6.17 Å². The molecule has 0 aromatic heterocycles. The highest BCUT2D eigenvalue weighted by Crippen LogP contribution is 2.46. The van der Waals surface area contributed by atoms with Crippen molar-refractivity contribution in [1.82, 2.24) is 0 Å². The van der Waals surface area contributed by atoms with E-state index in [2.05, 4.69) is 59.2 Å². The van der Waals surface area contributed by atoms with E-state index in [1.807, 2.05) is 37.4 Å². The molecule has 0 spiro atoms.